The van der Waals surface area contributed by atoms with E-state index >= 15 is 0 Å². The molecule has 10 heteroatoms. The van der Waals surface area contributed by atoms with E-state index in [2.05, 4.69) is 15.0 Å². The Bertz CT molecular complexity index is 1410. The largest absolute Gasteiger partial charge is 0.468 e. The van der Waals surface area contributed by atoms with E-state index in [0.29, 0.717) is 37.2 Å². The molecule has 0 N–H and O–H groups in total. The van der Waals surface area contributed by atoms with Crippen molar-refractivity contribution >= 4 is 50.4 Å². The number of amides is 1. The molecule has 0 aliphatic heterocycles. The number of hydrogen-bond donors (Lipinski definition) is 0. The first-order valence-corrected chi connectivity index (χ1v) is 9.90. The van der Waals surface area contributed by atoms with Crippen molar-refractivity contribution < 1.29 is 23.9 Å². The number of carbonyl (C=O) groups is 3. The highest BCUT2D eigenvalue weighted by atomic mass is 32.1. The van der Waals surface area contributed by atoms with Gasteiger partial charge in [0.15, 0.2) is 4.80 Å². The number of carbonyl (C=O) groups excluding carboxylic acids is 3. The van der Waals surface area contributed by atoms with E-state index in [4.69, 9.17) is 9.47 Å². The molecule has 0 unspecified atom stereocenters. The molecular formula is C21H16N4O5S. The van der Waals surface area contributed by atoms with Crippen LogP contribution in [-0.4, -0.2) is 46.6 Å². The first-order valence-electron chi connectivity index (χ1n) is 9.08. The van der Waals surface area contributed by atoms with E-state index in [1.807, 2.05) is 0 Å². The van der Waals surface area contributed by atoms with Gasteiger partial charge in [0, 0.05) is 18.0 Å². The number of esters is 2. The fraction of sp³-hybridized carbons (Fsp3) is 0.143. The molecule has 0 saturated carbocycles. The molecule has 0 aliphatic carbocycles. The molecule has 0 atom stereocenters. The van der Waals surface area contributed by atoms with Crippen LogP contribution in [0.4, 0.5) is 0 Å². The Kier molecular flexibility index (Phi) is 5.54. The Hall–Kier alpha value is -3.92. The van der Waals surface area contributed by atoms with Crippen LogP contribution in [-0.2, 0) is 20.8 Å². The molecule has 2 heterocycles. The number of aromatic nitrogens is 3. The average Bonchev–Trinajstić information content (AvgIpc) is 3.13. The van der Waals surface area contributed by atoms with Crippen LogP contribution in [0.3, 0.4) is 0 Å². The summed E-state index contributed by atoms with van der Waals surface area (Å²) in [5, 5.41) is 0. The van der Waals surface area contributed by atoms with E-state index in [9.17, 15) is 14.4 Å². The lowest BCUT2D eigenvalue weighted by molar-refractivity contribution is -0.141. The molecule has 4 rings (SSSR count). The fourth-order valence-electron chi connectivity index (χ4n) is 3.00. The summed E-state index contributed by atoms with van der Waals surface area (Å²) in [5.41, 5.74) is 2.57. The van der Waals surface area contributed by atoms with Crippen LogP contribution in [0.5, 0.6) is 0 Å². The zero-order chi connectivity index (χ0) is 22.0. The molecule has 1 amide bonds. The number of nitrogens with zero attached hydrogens (tertiary/aromatic N) is 4. The van der Waals surface area contributed by atoms with Crippen LogP contribution in [0.15, 0.2) is 53.8 Å². The lowest BCUT2D eigenvalue weighted by Crippen LogP contribution is -2.22. The predicted octanol–water partition coefficient (Wildman–Crippen LogP) is 2.35. The highest BCUT2D eigenvalue weighted by Gasteiger charge is 2.15. The monoisotopic (exact) mass is 436 g/mol. The zero-order valence-corrected chi connectivity index (χ0v) is 17.4. The molecule has 2 aromatic heterocycles. The Morgan fingerprint density at radius 2 is 1.71 bits per heavy atom. The van der Waals surface area contributed by atoms with E-state index in [-0.39, 0.29) is 6.54 Å². The van der Waals surface area contributed by atoms with Gasteiger partial charge < -0.3 is 14.0 Å². The van der Waals surface area contributed by atoms with Gasteiger partial charge in [-0.05, 0) is 36.4 Å². The van der Waals surface area contributed by atoms with Gasteiger partial charge in [0.05, 0.1) is 41.0 Å². The van der Waals surface area contributed by atoms with Gasteiger partial charge in [0.25, 0.3) is 5.91 Å². The lowest BCUT2D eigenvalue weighted by Gasteiger charge is -2.04. The van der Waals surface area contributed by atoms with Crippen molar-refractivity contribution in [3.05, 3.63) is 64.7 Å². The Labute approximate surface area is 179 Å². The second-order valence-corrected chi connectivity index (χ2v) is 7.41. The number of rotatable bonds is 4. The number of hydrogen-bond acceptors (Lipinski definition) is 8. The minimum absolute atomic E-state index is 0.136. The predicted molar refractivity (Wildman–Crippen MR) is 113 cm³/mol. The standard InChI is InChI=1S/C21H16N4O5S/c1-29-18(26)11-25-16-6-4-13(20(28)30-2)10-17(16)31-21(25)24-19(27)12-3-5-14-15(9-12)23-8-7-22-14/h3-10H,11H2,1-2H3. The minimum Gasteiger partial charge on any atom is -0.468 e. The van der Waals surface area contributed by atoms with Crippen molar-refractivity contribution in [2.45, 2.75) is 6.54 Å². The quantitative estimate of drug-likeness (QED) is 0.451. The van der Waals surface area contributed by atoms with Crippen molar-refractivity contribution in [1.29, 1.82) is 0 Å². The average molecular weight is 436 g/mol. The molecule has 0 saturated heterocycles. The van der Waals surface area contributed by atoms with Crippen LogP contribution in [0.2, 0.25) is 0 Å². The summed E-state index contributed by atoms with van der Waals surface area (Å²) in [6.07, 6.45) is 3.12. The second kappa shape index (κ2) is 8.44. The Balaban J connectivity index is 1.83. The summed E-state index contributed by atoms with van der Waals surface area (Å²) in [4.78, 5) is 49.6. The first-order chi connectivity index (χ1) is 15.0. The van der Waals surface area contributed by atoms with Crippen LogP contribution in [0.1, 0.15) is 20.7 Å². The summed E-state index contributed by atoms with van der Waals surface area (Å²) in [5.74, 6) is -1.47. The van der Waals surface area contributed by atoms with Crippen LogP contribution < -0.4 is 4.80 Å². The Morgan fingerprint density at radius 3 is 2.45 bits per heavy atom. The molecule has 0 radical (unpaired) electrons. The van der Waals surface area contributed by atoms with Crippen molar-refractivity contribution in [1.82, 2.24) is 14.5 Å². The number of methoxy groups -OCH3 is 2. The molecular weight excluding hydrogens is 420 g/mol. The van der Waals surface area contributed by atoms with Gasteiger partial charge >= 0.3 is 11.9 Å². The molecule has 0 fully saturated rings. The van der Waals surface area contributed by atoms with E-state index < -0.39 is 17.8 Å². The molecule has 0 spiro atoms. The second-order valence-electron chi connectivity index (χ2n) is 6.40. The number of ether oxygens (including phenoxy) is 2. The maximum Gasteiger partial charge on any atom is 0.337 e. The highest BCUT2D eigenvalue weighted by molar-refractivity contribution is 7.16. The van der Waals surface area contributed by atoms with Crippen molar-refractivity contribution in [3.63, 3.8) is 0 Å². The molecule has 0 aliphatic rings. The number of thiazole rings is 1. The molecule has 0 bridgehead atoms. The molecule has 9 nitrogen and oxygen atoms in total. The third-order valence-electron chi connectivity index (χ3n) is 4.53. The fourth-order valence-corrected chi connectivity index (χ4v) is 4.06. The van der Waals surface area contributed by atoms with E-state index in [1.54, 1.807) is 53.4 Å². The van der Waals surface area contributed by atoms with Gasteiger partial charge in [-0.1, -0.05) is 11.3 Å². The number of fused-ring (bicyclic) bond motifs is 2. The molecule has 31 heavy (non-hydrogen) atoms. The molecule has 156 valence electrons. The van der Waals surface area contributed by atoms with Crippen LogP contribution in [0.25, 0.3) is 21.3 Å². The Morgan fingerprint density at radius 1 is 0.968 bits per heavy atom. The molecule has 2 aromatic carbocycles. The summed E-state index contributed by atoms with van der Waals surface area (Å²) in [6, 6.07) is 9.83. The van der Waals surface area contributed by atoms with E-state index in [1.165, 1.54) is 25.6 Å². The smallest absolute Gasteiger partial charge is 0.337 e. The van der Waals surface area contributed by atoms with Crippen molar-refractivity contribution in [3.8, 4) is 0 Å². The summed E-state index contributed by atoms with van der Waals surface area (Å²) in [7, 11) is 2.58. The molecule has 4 aromatic rings. The number of benzene rings is 2. The van der Waals surface area contributed by atoms with Gasteiger partial charge in [0.2, 0.25) is 0 Å². The van der Waals surface area contributed by atoms with Crippen molar-refractivity contribution in [2.24, 2.45) is 4.99 Å². The first kappa shape index (κ1) is 20.4. The van der Waals surface area contributed by atoms with Crippen LogP contribution >= 0.6 is 11.3 Å². The van der Waals surface area contributed by atoms with Crippen molar-refractivity contribution in [2.75, 3.05) is 14.2 Å². The third-order valence-corrected chi connectivity index (χ3v) is 5.57. The van der Waals surface area contributed by atoms with Crippen LogP contribution in [0, 0.1) is 0 Å². The summed E-state index contributed by atoms with van der Waals surface area (Å²) < 4.78 is 11.8. The maximum absolute atomic E-state index is 12.9. The summed E-state index contributed by atoms with van der Waals surface area (Å²) in [6.45, 7) is -0.136. The van der Waals surface area contributed by atoms with Gasteiger partial charge in [-0.3, -0.25) is 19.6 Å². The SMILES string of the molecule is COC(=O)Cn1c(=NC(=O)c2ccc3nccnc3c2)sc2cc(C(=O)OC)ccc21. The van der Waals surface area contributed by atoms with Gasteiger partial charge in [-0.15, -0.1) is 0 Å². The van der Waals surface area contributed by atoms with Gasteiger partial charge in [-0.25, -0.2) is 4.79 Å². The topological polar surface area (TPSA) is 113 Å². The highest BCUT2D eigenvalue weighted by Crippen LogP contribution is 2.20. The minimum atomic E-state index is -0.495. The lowest BCUT2D eigenvalue weighted by atomic mass is 10.2. The normalized spacial score (nSPS) is 11.6. The van der Waals surface area contributed by atoms with Gasteiger partial charge in [0.1, 0.15) is 6.54 Å². The third kappa shape index (κ3) is 4.05. The summed E-state index contributed by atoms with van der Waals surface area (Å²) >= 11 is 1.18. The maximum atomic E-state index is 12.9. The van der Waals surface area contributed by atoms with Gasteiger partial charge in [-0.2, -0.15) is 4.99 Å². The zero-order valence-electron chi connectivity index (χ0n) is 16.6. The van der Waals surface area contributed by atoms with E-state index in [0.717, 1.165) is 0 Å².